The third kappa shape index (κ3) is 1.99. The van der Waals surface area contributed by atoms with E-state index in [9.17, 15) is 0 Å². The van der Waals surface area contributed by atoms with Crippen LogP contribution in [0.3, 0.4) is 0 Å². The molecule has 3 nitrogen and oxygen atoms in total. The van der Waals surface area contributed by atoms with E-state index in [1.807, 2.05) is 13.0 Å². The van der Waals surface area contributed by atoms with Crippen LogP contribution in [-0.4, -0.2) is 43.0 Å². The van der Waals surface area contributed by atoms with Crippen LogP contribution in [-0.2, 0) is 0 Å². The Morgan fingerprint density at radius 2 is 1.92 bits per heavy atom. The SMILES string of the molecule is C/C=C(/C#N)N1CCN(C)CC1. The van der Waals surface area contributed by atoms with E-state index in [1.165, 1.54) is 0 Å². The van der Waals surface area contributed by atoms with Crippen molar-refractivity contribution in [1.82, 2.24) is 9.80 Å². The average Bonchev–Trinajstić information content (AvgIpc) is 2.10. The molecule has 1 fully saturated rings. The lowest BCUT2D eigenvalue weighted by atomic mass is 10.3. The van der Waals surface area contributed by atoms with Crippen molar-refractivity contribution in [2.75, 3.05) is 33.2 Å². The Morgan fingerprint density at radius 1 is 1.33 bits per heavy atom. The van der Waals surface area contributed by atoms with E-state index in [1.54, 1.807) is 0 Å². The van der Waals surface area contributed by atoms with Crippen molar-refractivity contribution in [3.05, 3.63) is 11.8 Å². The molecule has 1 heterocycles. The molecule has 0 spiro atoms. The molecule has 1 saturated heterocycles. The van der Waals surface area contributed by atoms with Crippen LogP contribution in [0.4, 0.5) is 0 Å². The molecule has 0 aromatic heterocycles. The van der Waals surface area contributed by atoms with E-state index >= 15 is 0 Å². The highest BCUT2D eigenvalue weighted by atomic mass is 15.2. The zero-order chi connectivity index (χ0) is 8.97. The topological polar surface area (TPSA) is 30.3 Å². The van der Waals surface area contributed by atoms with E-state index in [-0.39, 0.29) is 0 Å². The Kier molecular flexibility index (Phi) is 3.12. The molecular weight excluding hydrogens is 150 g/mol. The Balaban J connectivity index is 2.50. The van der Waals surface area contributed by atoms with Crippen molar-refractivity contribution in [3.8, 4) is 6.07 Å². The van der Waals surface area contributed by atoms with E-state index in [0.29, 0.717) is 0 Å². The fourth-order valence-corrected chi connectivity index (χ4v) is 1.37. The van der Waals surface area contributed by atoms with Crippen LogP contribution in [0.5, 0.6) is 0 Å². The molecule has 1 rings (SSSR count). The molecule has 0 atom stereocenters. The van der Waals surface area contributed by atoms with E-state index in [4.69, 9.17) is 5.26 Å². The number of nitrogens with zero attached hydrogens (tertiary/aromatic N) is 3. The van der Waals surface area contributed by atoms with Gasteiger partial charge in [0.2, 0.25) is 0 Å². The maximum atomic E-state index is 8.77. The number of allylic oxidation sites excluding steroid dienone is 2. The number of nitriles is 1. The standard InChI is InChI=1S/C9H15N3/c1-3-9(8-10)12-6-4-11(2)5-7-12/h3H,4-7H2,1-2H3/b9-3-. The van der Waals surface area contributed by atoms with Gasteiger partial charge in [-0.3, -0.25) is 0 Å². The molecular formula is C9H15N3. The zero-order valence-electron chi connectivity index (χ0n) is 7.75. The second-order valence-electron chi connectivity index (χ2n) is 3.08. The third-order valence-electron chi connectivity index (χ3n) is 2.23. The summed E-state index contributed by atoms with van der Waals surface area (Å²) in [5.74, 6) is 0. The number of rotatable bonds is 1. The van der Waals surface area contributed by atoms with Crippen molar-refractivity contribution in [2.24, 2.45) is 0 Å². The van der Waals surface area contributed by atoms with Crippen LogP contribution >= 0.6 is 0 Å². The fraction of sp³-hybridized carbons (Fsp3) is 0.667. The van der Waals surface area contributed by atoms with Crippen LogP contribution in [0, 0.1) is 11.3 Å². The summed E-state index contributed by atoms with van der Waals surface area (Å²) in [6.45, 7) is 5.97. The minimum absolute atomic E-state index is 0.808. The maximum absolute atomic E-state index is 8.77. The summed E-state index contributed by atoms with van der Waals surface area (Å²) in [4.78, 5) is 4.42. The van der Waals surface area contributed by atoms with E-state index in [2.05, 4.69) is 22.9 Å². The smallest absolute Gasteiger partial charge is 0.117 e. The first kappa shape index (κ1) is 9.08. The molecule has 3 heteroatoms. The summed E-state index contributed by atoms with van der Waals surface area (Å²) < 4.78 is 0. The van der Waals surface area contributed by atoms with Gasteiger partial charge in [0.05, 0.1) is 0 Å². The molecule has 0 aromatic carbocycles. The maximum Gasteiger partial charge on any atom is 0.117 e. The Bertz CT molecular complexity index is 206. The van der Waals surface area contributed by atoms with Gasteiger partial charge in [-0.1, -0.05) is 6.08 Å². The first-order chi connectivity index (χ1) is 5.77. The molecule has 66 valence electrons. The second kappa shape index (κ2) is 4.13. The van der Waals surface area contributed by atoms with Crippen LogP contribution in [0.1, 0.15) is 6.92 Å². The quantitative estimate of drug-likeness (QED) is 0.535. The Hall–Kier alpha value is -1.01. The molecule has 0 N–H and O–H groups in total. The van der Waals surface area contributed by atoms with Gasteiger partial charge in [-0.25, -0.2) is 0 Å². The van der Waals surface area contributed by atoms with Gasteiger partial charge in [-0.2, -0.15) is 5.26 Å². The number of hydrogen-bond donors (Lipinski definition) is 0. The summed E-state index contributed by atoms with van der Waals surface area (Å²) in [7, 11) is 2.11. The second-order valence-corrected chi connectivity index (χ2v) is 3.08. The zero-order valence-corrected chi connectivity index (χ0v) is 7.75. The van der Waals surface area contributed by atoms with Crippen molar-refractivity contribution in [2.45, 2.75) is 6.92 Å². The highest BCUT2D eigenvalue weighted by molar-refractivity contribution is 5.18. The first-order valence-corrected chi connectivity index (χ1v) is 4.28. The molecule has 0 bridgehead atoms. The fourth-order valence-electron chi connectivity index (χ4n) is 1.37. The molecule has 1 aliphatic rings. The first-order valence-electron chi connectivity index (χ1n) is 4.28. The highest BCUT2D eigenvalue weighted by Crippen LogP contribution is 2.06. The number of likely N-dealkylation sites (N-methyl/N-ethyl adjacent to an activating group) is 1. The van der Waals surface area contributed by atoms with Crippen molar-refractivity contribution in [1.29, 1.82) is 5.26 Å². The van der Waals surface area contributed by atoms with Gasteiger partial charge in [-0.05, 0) is 14.0 Å². The van der Waals surface area contributed by atoms with Gasteiger partial charge in [-0.15, -0.1) is 0 Å². The summed E-state index contributed by atoms with van der Waals surface area (Å²) in [5.41, 5.74) is 0.808. The van der Waals surface area contributed by atoms with Crippen LogP contribution in [0.15, 0.2) is 11.8 Å². The minimum Gasteiger partial charge on any atom is -0.361 e. The van der Waals surface area contributed by atoms with Gasteiger partial charge >= 0.3 is 0 Å². The molecule has 0 radical (unpaired) electrons. The van der Waals surface area contributed by atoms with Gasteiger partial charge in [0.1, 0.15) is 11.8 Å². The highest BCUT2D eigenvalue weighted by Gasteiger charge is 2.14. The lowest BCUT2D eigenvalue weighted by Gasteiger charge is -2.33. The van der Waals surface area contributed by atoms with E-state index < -0.39 is 0 Å². The summed E-state index contributed by atoms with van der Waals surface area (Å²) in [5, 5.41) is 8.77. The van der Waals surface area contributed by atoms with Gasteiger partial charge in [0, 0.05) is 26.2 Å². The minimum atomic E-state index is 0.808. The van der Waals surface area contributed by atoms with Crippen molar-refractivity contribution < 1.29 is 0 Å². The predicted molar refractivity (Wildman–Crippen MR) is 48.4 cm³/mol. The van der Waals surface area contributed by atoms with Gasteiger partial charge < -0.3 is 9.80 Å². The van der Waals surface area contributed by atoms with Gasteiger partial charge in [0.25, 0.3) is 0 Å². The van der Waals surface area contributed by atoms with Gasteiger partial charge in [0.15, 0.2) is 0 Å². The van der Waals surface area contributed by atoms with Crippen molar-refractivity contribution in [3.63, 3.8) is 0 Å². The molecule has 0 aliphatic carbocycles. The number of hydrogen-bond acceptors (Lipinski definition) is 3. The lowest BCUT2D eigenvalue weighted by Crippen LogP contribution is -2.43. The Morgan fingerprint density at radius 3 is 2.33 bits per heavy atom. The van der Waals surface area contributed by atoms with Crippen LogP contribution in [0.2, 0.25) is 0 Å². The Labute approximate surface area is 73.9 Å². The normalized spacial score (nSPS) is 20.8. The van der Waals surface area contributed by atoms with Crippen molar-refractivity contribution >= 4 is 0 Å². The van der Waals surface area contributed by atoms with E-state index in [0.717, 1.165) is 31.9 Å². The van der Waals surface area contributed by atoms with Crippen LogP contribution in [0.25, 0.3) is 0 Å². The average molecular weight is 165 g/mol. The molecule has 0 aromatic rings. The summed E-state index contributed by atoms with van der Waals surface area (Å²) in [6, 6.07) is 2.20. The third-order valence-corrected chi connectivity index (χ3v) is 2.23. The number of piperazine rings is 1. The molecule has 0 saturated carbocycles. The monoisotopic (exact) mass is 165 g/mol. The summed E-state index contributed by atoms with van der Waals surface area (Å²) >= 11 is 0. The lowest BCUT2D eigenvalue weighted by molar-refractivity contribution is 0.191. The molecule has 1 aliphatic heterocycles. The summed E-state index contributed by atoms with van der Waals surface area (Å²) in [6.07, 6.45) is 1.88. The molecule has 0 amide bonds. The predicted octanol–water partition coefficient (Wildman–Crippen LogP) is 0.661. The largest absolute Gasteiger partial charge is 0.361 e. The molecule has 0 unspecified atom stereocenters. The molecule has 12 heavy (non-hydrogen) atoms. The van der Waals surface area contributed by atoms with Crippen LogP contribution < -0.4 is 0 Å².